The molecule has 0 atom stereocenters. The van der Waals surface area contributed by atoms with E-state index in [-0.39, 0.29) is 0 Å². The smallest absolute Gasteiger partial charge is 0.246 e. The first kappa shape index (κ1) is 5.76. The molecule has 0 aromatic carbocycles. The molecular formula is C5H8ClN2. The minimum Gasteiger partial charge on any atom is -0.348 e. The van der Waals surface area contributed by atoms with Gasteiger partial charge < -0.3 is 10.2 Å². The van der Waals surface area contributed by atoms with Crippen LogP contribution in [0, 0.1) is 5.62 Å². The molecule has 2 nitrogen and oxygen atoms in total. The highest BCUT2D eigenvalue weighted by atomic mass is 35.5. The Hall–Kier alpha value is -0.370. The molecule has 1 aliphatic heterocycles. The molecule has 45 valence electrons. The number of hydrogen-bond donors (Lipinski definition) is 1. The molecule has 0 amide bonds. The molecule has 0 fully saturated rings. The molecule has 0 aromatic rings. The lowest BCUT2D eigenvalue weighted by atomic mass is 10.6. The SMILES string of the molecule is CC1=CN(C)[C](Cl)N1. The molecule has 8 heavy (non-hydrogen) atoms. The minimum atomic E-state index is 0.669. The topological polar surface area (TPSA) is 15.3 Å². The molecule has 0 aliphatic carbocycles. The second-order valence-electron chi connectivity index (χ2n) is 1.84. The predicted molar refractivity (Wildman–Crippen MR) is 33.8 cm³/mol. The molecule has 1 N–H and O–H groups in total. The molecular weight excluding hydrogens is 124 g/mol. The van der Waals surface area contributed by atoms with Crippen molar-refractivity contribution in [3.63, 3.8) is 0 Å². The zero-order valence-corrected chi connectivity index (χ0v) is 5.66. The van der Waals surface area contributed by atoms with Crippen molar-refractivity contribution in [1.29, 1.82) is 0 Å². The van der Waals surface area contributed by atoms with Crippen molar-refractivity contribution >= 4 is 11.6 Å². The summed E-state index contributed by atoms with van der Waals surface area (Å²) in [6.07, 6.45) is 1.93. The largest absolute Gasteiger partial charge is 0.348 e. The van der Waals surface area contributed by atoms with Gasteiger partial charge >= 0.3 is 0 Å². The second-order valence-corrected chi connectivity index (χ2v) is 2.20. The van der Waals surface area contributed by atoms with Crippen LogP contribution >= 0.6 is 11.6 Å². The van der Waals surface area contributed by atoms with Crippen molar-refractivity contribution in [3.05, 3.63) is 17.5 Å². The Morgan fingerprint density at radius 1 is 1.75 bits per heavy atom. The number of allylic oxidation sites excluding steroid dienone is 1. The summed E-state index contributed by atoms with van der Waals surface area (Å²) in [4.78, 5) is 1.83. The number of halogens is 1. The lowest BCUT2D eigenvalue weighted by molar-refractivity contribution is 0.530. The van der Waals surface area contributed by atoms with Crippen molar-refractivity contribution in [2.45, 2.75) is 6.92 Å². The van der Waals surface area contributed by atoms with E-state index in [2.05, 4.69) is 5.32 Å². The van der Waals surface area contributed by atoms with Crippen molar-refractivity contribution < 1.29 is 0 Å². The Balaban J connectivity index is 2.56. The van der Waals surface area contributed by atoms with Crippen LogP contribution in [0.5, 0.6) is 0 Å². The van der Waals surface area contributed by atoms with E-state index in [9.17, 15) is 0 Å². The van der Waals surface area contributed by atoms with Crippen LogP contribution in [0.2, 0.25) is 0 Å². The van der Waals surface area contributed by atoms with Gasteiger partial charge in [0.25, 0.3) is 0 Å². The highest BCUT2D eigenvalue weighted by Gasteiger charge is 2.15. The average molecular weight is 132 g/mol. The van der Waals surface area contributed by atoms with E-state index in [0.717, 1.165) is 5.70 Å². The Morgan fingerprint density at radius 2 is 2.38 bits per heavy atom. The first-order chi connectivity index (χ1) is 3.70. The molecule has 1 aliphatic rings. The van der Waals surface area contributed by atoms with Crippen LogP contribution in [-0.2, 0) is 0 Å². The van der Waals surface area contributed by atoms with Gasteiger partial charge in [0.1, 0.15) is 0 Å². The Bertz CT molecular complexity index is 122. The lowest BCUT2D eigenvalue weighted by Gasteiger charge is -2.09. The monoisotopic (exact) mass is 131 g/mol. The van der Waals surface area contributed by atoms with Gasteiger partial charge in [0, 0.05) is 18.9 Å². The third-order valence-electron chi connectivity index (χ3n) is 0.997. The third kappa shape index (κ3) is 0.892. The fourth-order valence-corrected chi connectivity index (χ4v) is 0.828. The lowest BCUT2D eigenvalue weighted by Crippen LogP contribution is -2.17. The summed E-state index contributed by atoms with van der Waals surface area (Å²) < 4.78 is 0. The van der Waals surface area contributed by atoms with Gasteiger partial charge in [-0.15, -0.1) is 0 Å². The predicted octanol–water partition coefficient (Wildman–Crippen LogP) is 1.07. The molecule has 1 rings (SSSR count). The van der Waals surface area contributed by atoms with Crippen molar-refractivity contribution in [3.8, 4) is 0 Å². The third-order valence-corrected chi connectivity index (χ3v) is 1.36. The van der Waals surface area contributed by atoms with Crippen LogP contribution in [0.15, 0.2) is 11.9 Å². The van der Waals surface area contributed by atoms with E-state index < -0.39 is 0 Å². The molecule has 0 bridgehead atoms. The van der Waals surface area contributed by atoms with E-state index in [0.29, 0.717) is 5.62 Å². The Kier molecular flexibility index (Phi) is 1.34. The quantitative estimate of drug-likeness (QED) is 0.495. The Morgan fingerprint density at radius 3 is 2.50 bits per heavy atom. The van der Waals surface area contributed by atoms with Crippen LogP contribution in [0.1, 0.15) is 6.92 Å². The molecule has 0 saturated heterocycles. The zero-order chi connectivity index (χ0) is 6.15. The van der Waals surface area contributed by atoms with Gasteiger partial charge in [-0.05, 0) is 6.92 Å². The van der Waals surface area contributed by atoms with E-state index >= 15 is 0 Å². The van der Waals surface area contributed by atoms with Crippen molar-refractivity contribution in [2.75, 3.05) is 7.05 Å². The van der Waals surface area contributed by atoms with Crippen LogP contribution < -0.4 is 5.32 Å². The molecule has 1 heterocycles. The summed E-state index contributed by atoms with van der Waals surface area (Å²) >= 11 is 5.64. The van der Waals surface area contributed by atoms with Gasteiger partial charge in [0.2, 0.25) is 5.62 Å². The summed E-state index contributed by atoms with van der Waals surface area (Å²) in [6, 6.07) is 0. The Labute approximate surface area is 54.1 Å². The molecule has 0 aromatic heterocycles. The van der Waals surface area contributed by atoms with E-state index in [1.807, 2.05) is 25.1 Å². The summed E-state index contributed by atoms with van der Waals surface area (Å²) in [5.41, 5.74) is 1.75. The molecule has 0 spiro atoms. The summed E-state index contributed by atoms with van der Waals surface area (Å²) in [6.45, 7) is 1.96. The maximum Gasteiger partial charge on any atom is 0.246 e. The molecule has 0 saturated carbocycles. The maximum absolute atomic E-state index is 5.64. The van der Waals surface area contributed by atoms with Gasteiger partial charge in [-0.3, -0.25) is 0 Å². The van der Waals surface area contributed by atoms with Gasteiger partial charge in [-0.2, -0.15) is 0 Å². The second kappa shape index (κ2) is 1.86. The van der Waals surface area contributed by atoms with Gasteiger partial charge in [0.05, 0.1) is 0 Å². The fourth-order valence-electron chi connectivity index (χ4n) is 0.630. The van der Waals surface area contributed by atoms with E-state index in [1.165, 1.54) is 0 Å². The summed E-state index contributed by atoms with van der Waals surface area (Å²) in [5.74, 6) is 0. The normalized spacial score (nSPS) is 20.9. The minimum absolute atomic E-state index is 0.669. The van der Waals surface area contributed by atoms with Crippen LogP contribution in [-0.4, -0.2) is 11.9 Å². The van der Waals surface area contributed by atoms with Gasteiger partial charge in [-0.25, -0.2) is 0 Å². The number of nitrogens with one attached hydrogen (secondary N) is 1. The van der Waals surface area contributed by atoms with Crippen LogP contribution in [0.25, 0.3) is 0 Å². The summed E-state index contributed by atoms with van der Waals surface area (Å²) in [7, 11) is 1.89. The first-order valence-corrected chi connectivity index (χ1v) is 2.78. The van der Waals surface area contributed by atoms with E-state index in [4.69, 9.17) is 11.6 Å². The van der Waals surface area contributed by atoms with Crippen molar-refractivity contribution in [1.82, 2.24) is 10.2 Å². The highest BCUT2D eigenvalue weighted by Crippen LogP contribution is 2.16. The standard InChI is InChI=1S/C5H8ClN2/c1-4-3-8(2)5(6)7-4/h3,7H,1-2H3. The molecule has 1 radical (unpaired) electrons. The summed E-state index contributed by atoms with van der Waals surface area (Å²) in [5, 5.41) is 2.94. The number of nitrogens with zero attached hydrogens (tertiary/aromatic N) is 1. The van der Waals surface area contributed by atoms with Crippen LogP contribution in [0.3, 0.4) is 0 Å². The number of rotatable bonds is 0. The highest BCUT2D eigenvalue weighted by molar-refractivity contribution is 6.26. The first-order valence-electron chi connectivity index (χ1n) is 2.41. The fraction of sp³-hybridized carbons (Fsp3) is 0.400. The molecule has 0 unspecified atom stereocenters. The average Bonchev–Trinajstić information content (AvgIpc) is 1.85. The van der Waals surface area contributed by atoms with E-state index in [1.54, 1.807) is 0 Å². The molecule has 3 heteroatoms. The van der Waals surface area contributed by atoms with Crippen molar-refractivity contribution in [2.24, 2.45) is 0 Å². The van der Waals surface area contributed by atoms with Gasteiger partial charge in [0.15, 0.2) is 0 Å². The zero-order valence-electron chi connectivity index (χ0n) is 4.90. The van der Waals surface area contributed by atoms with Crippen LogP contribution in [0.4, 0.5) is 0 Å². The maximum atomic E-state index is 5.64. The number of hydrogen-bond acceptors (Lipinski definition) is 2. The van der Waals surface area contributed by atoms with Gasteiger partial charge in [-0.1, -0.05) is 11.6 Å².